The number of hydrogen-bond donors (Lipinski definition) is 1. The van der Waals surface area contributed by atoms with E-state index in [0.29, 0.717) is 16.9 Å². The van der Waals surface area contributed by atoms with Crippen LogP contribution in [0.2, 0.25) is 0 Å². The quantitative estimate of drug-likeness (QED) is 0.295. The summed E-state index contributed by atoms with van der Waals surface area (Å²) in [6.07, 6.45) is 0. The van der Waals surface area contributed by atoms with Crippen LogP contribution in [0.1, 0.15) is 40.0 Å². The van der Waals surface area contributed by atoms with E-state index in [4.69, 9.17) is 13.9 Å². The molecule has 1 aromatic heterocycles. The Morgan fingerprint density at radius 1 is 0.971 bits per heavy atom. The number of ether oxygens (including phenoxy) is 2. The summed E-state index contributed by atoms with van der Waals surface area (Å²) in [5.41, 5.74) is 3.04. The predicted octanol–water partition coefficient (Wildman–Crippen LogP) is 4.71. The molecule has 35 heavy (non-hydrogen) atoms. The maximum absolute atomic E-state index is 12.3. The van der Waals surface area contributed by atoms with Gasteiger partial charge in [-0.05, 0) is 54.8 Å². The van der Waals surface area contributed by atoms with Crippen molar-refractivity contribution in [3.8, 4) is 5.75 Å². The molecule has 178 valence electrons. The van der Waals surface area contributed by atoms with Crippen molar-refractivity contribution in [2.75, 3.05) is 6.61 Å². The number of esters is 1. The minimum atomic E-state index is -0.583. The molecule has 0 saturated heterocycles. The van der Waals surface area contributed by atoms with Crippen LogP contribution in [-0.2, 0) is 16.1 Å². The molecule has 0 bridgehead atoms. The highest BCUT2D eigenvalue weighted by Crippen LogP contribution is 2.23. The number of amides is 1. The van der Waals surface area contributed by atoms with Crippen molar-refractivity contribution in [2.24, 2.45) is 0 Å². The normalized spacial score (nSPS) is 11.6. The Bertz CT molecular complexity index is 1390. The van der Waals surface area contributed by atoms with Crippen LogP contribution >= 0.6 is 0 Å². The summed E-state index contributed by atoms with van der Waals surface area (Å²) >= 11 is 0. The Morgan fingerprint density at radius 3 is 2.46 bits per heavy atom. The van der Waals surface area contributed by atoms with E-state index in [1.165, 1.54) is 6.07 Å². The average molecular weight is 472 g/mol. The molecule has 7 nitrogen and oxygen atoms in total. The molecule has 0 radical (unpaired) electrons. The van der Waals surface area contributed by atoms with Gasteiger partial charge < -0.3 is 19.2 Å². The standard InChI is InChI=1S/C28H25NO6/c1-18-14-27(31)35-25-15-23(12-13-24(18)25)33-16-20-8-10-22(11-9-20)28(32)34-17-26(30)29-19(2)21-6-4-3-5-7-21/h3-15,19H,16-17H2,1-2H3,(H,29,30). The highest BCUT2D eigenvalue weighted by molar-refractivity contribution is 5.91. The Morgan fingerprint density at radius 2 is 1.71 bits per heavy atom. The molecule has 7 heteroatoms. The first-order valence-electron chi connectivity index (χ1n) is 11.2. The zero-order valence-corrected chi connectivity index (χ0v) is 19.4. The molecule has 1 unspecified atom stereocenters. The van der Waals surface area contributed by atoms with Crippen LogP contribution < -0.4 is 15.7 Å². The zero-order valence-electron chi connectivity index (χ0n) is 19.4. The van der Waals surface area contributed by atoms with Crippen molar-refractivity contribution in [3.63, 3.8) is 0 Å². The molecule has 4 aromatic rings. The number of fused-ring (bicyclic) bond motifs is 1. The lowest BCUT2D eigenvalue weighted by Gasteiger charge is -2.14. The molecule has 1 N–H and O–H groups in total. The highest BCUT2D eigenvalue weighted by Gasteiger charge is 2.13. The highest BCUT2D eigenvalue weighted by atomic mass is 16.5. The van der Waals surface area contributed by atoms with Gasteiger partial charge in [0, 0.05) is 17.5 Å². The molecular weight excluding hydrogens is 446 g/mol. The lowest BCUT2D eigenvalue weighted by molar-refractivity contribution is -0.124. The number of carbonyl (C=O) groups is 2. The fraction of sp³-hybridized carbons (Fsp3) is 0.179. The second kappa shape index (κ2) is 10.7. The van der Waals surface area contributed by atoms with Crippen molar-refractivity contribution >= 4 is 22.8 Å². The topological polar surface area (TPSA) is 94.8 Å². The van der Waals surface area contributed by atoms with Crippen molar-refractivity contribution in [3.05, 3.63) is 112 Å². The molecule has 1 amide bonds. The summed E-state index contributed by atoms with van der Waals surface area (Å²) in [5, 5.41) is 3.65. The fourth-order valence-corrected chi connectivity index (χ4v) is 3.62. The molecule has 4 rings (SSSR count). The Balaban J connectivity index is 1.28. The SMILES string of the molecule is Cc1cc(=O)oc2cc(OCc3ccc(C(=O)OCC(=O)NC(C)c4ccccc4)cc3)ccc12. The summed E-state index contributed by atoms with van der Waals surface area (Å²) in [4.78, 5) is 36.0. The van der Waals surface area contributed by atoms with E-state index >= 15 is 0 Å². The first-order valence-corrected chi connectivity index (χ1v) is 11.2. The van der Waals surface area contributed by atoms with Gasteiger partial charge in [-0.15, -0.1) is 0 Å². The van der Waals surface area contributed by atoms with Crippen LogP contribution in [-0.4, -0.2) is 18.5 Å². The van der Waals surface area contributed by atoms with Crippen LogP contribution in [0.3, 0.4) is 0 Å². The minimum Gasteiger partial charge on any atom is -0.489 e. The van der Waals surface area contributed by atoms with Crippen LogP contribution in [0, 0.1) is 6.92 Å². The molecule has 0 aliphatic heterocycles. The molecule has 0 saturated carbocycles. The van der Waals surface area contributed by atoms with Crippen molar-refractivity contribution in [2.45, 2.75) is 26.5 Å². The number of rotatable bonds is 8. The Labute approximate surface area is 202 Å². The molecule has 3 aromatic carbocycles. The van der Waals surface area contributed by atoms with Gasteiger partial charge in [0.2, 0.25) is 0 Å². The fourth-order valence-electron chi connectivity index (χ4n) is 3.62. The number of hydrogen-bond acceptors (Lipinski definition) is 6. The summed E-state index contributed by atoms with van der Waals surface area (Å²) in [6.45, 7) is 3.61. The Kier molecular flexibility index (Phi) is 7.26. The van der Waals surface area contributed by atoms with E-state index in [9.17, 15) is 14.4 Å². The van der Waals surface area contributed by atoms with Gasteiger partial charge in [0.1, 0.15) is 17.9 Å². The summed E-state index contributed by atoms with van der Waals surface area (Å²) < 4.78 is 16.2. The van der Waals surface area contributed by atoms with E-state index in [-0.39, 0.29) is 25.2 Å². The average Bonchev–Trinajstić information content (AvgIpc) is 2.86. The van der Waals surface area contributed by atoms with Crippen molar-refractivity contribution < 1.29 is 23.5 Å². The summed E-state index contributed by atoms with van der Waals surface area (Å²) in [7, 11) is 0. The molecular formula is C28H25NO6. The maximum atomic E-state index is 12.3. The maximum Gasteiger partial charge on any atom is 0.338 e. The second-order valence-corrected chi connectivity index (χ2v) is 8.17. The van der Waals surface area contributed by atoms with Gasteiger partial charge in [-0.25, -0.2) is 9.59 Å². The molecule has 0 aliphatic carbocycles. The van der Waals surface area contributed by atoms with E-state index < -0.39 is 11.6 Å². The monoisotopic (exact) mass is 471 g/mol. The van der Waals surface area contributed by atoms with Gasteiger partial charge in [-0.1, -0.05) is 42.5 Å². The molecule has 0 fully saturated rings. The van der Waals surface area contributed by atoms with Gasteiger partial charge in [-0.2, -0.15) is 0 Å². The first-order chi connectivity index (χ1) is 16.9. The molecule has 0 aliphatic rings. The van der Waals surface area contributed by atoms with Crippen LogP contribution in [0.5, 0.6) is 5.75 Å². The number of benzene rings is 3. The van der Waals surface area contributed by atoms with Crippen LogP contribution in [0.4, 0.5) is 0 Å². The minimum absolute atomic E-state index is 0.190. The first kappa shape index (κ1) is 23.8. The van der Waals surface area contributed by atoms with Gasteiger partial charge in [0.05, 0.1) is 11.6 Å². The van der Waals surface area contributed by atoms with E-state index in [1.54, 1.807) is 30.3 Å². The van der Waals surface area contributed by atoms with Crippen LogP contribution in [0.15, 0.2) is 88.1 Å². The third kappa shape index (κ3) is 6.14. The van der Waals surface area contributed by atoms with E-state index in [0.717, 1.165) is 22.1 Å². The van der Waals surface area contributed by atoms with Crippen molar-refractivity contribution in [1.82, 2.24) is 5.32 Å². The zero-order chi connectivity index (χ0) is 24.8. The summed E-state index contributed by atoms with van der Waals surface area (Å²) in [6, 6.07) is 22.9. The summed E-state index contributed by atoms with van der Waals surface area (Å²) in [5.74, 6) is -0.397. The van der Waals surface area contributed by atoms with Crippen molar-refractivity contribution in [1.29, 1.82) is 0 Å². The predicted molar refractivity (Wildman–Crippen MR) is 131 cm³/mol. The molecule has 1 heterocycles. The number of aryl methyl sites for hydroxylation is 1. The van der Waals surface area contributed by atoms with Gasteiger partial charge in [0.25, 0.3) is 5.91 Å². The lowest BCUT2D eigenvalue weighted by atomic mass is 10.1. The molecule has 0 spiro atoms. The largest absolute Gasteiger partial charge is 0.489 e. The van der Waals surface area contributed by atoms with E-state index in [2.05, 4.69) is 5.32 Å². The second-order valence-electron chi connectivity index (χ2n) is 8.17. The van der Waals surface area contributed by atoms with E-state index in [1.807, 2.05) is 56.3 Å². The van der Waals surface area contributed by atoms with Gasteiger partial charge in [-0.3, -0.25) is 4.79 Å². The van der Waals surface area contributed by atoms with Crippen LogP contribution in [0.25, 0.3) is 11.0 Å². The smallest absolute Gasteiger partial charge is 0.338 e. The van der Waals surface area contributed by atoms with Gasteiger partial charge in [0.15, 0.2) is 6.61 Å². The Hall–Kier alpha value is -4.39. The van der Waals surface area contributed by atoms with Gasteiger partial charge >= 0.3 is 11.6 Å². The number of carbonyl (C=O) groups excluding carboxylic acids is 2. The third-order valence-electron chi connectivity index (χ3n) is 5.53. The number of nitrogens with one attached hydrogen (secondary N) is 1. The third-order valence-corrected chi connectivity index (χ3v) is 5.53. The molecule has 1 atom stereocenters. The lowest BCUT2D eigenvalue weighted by Crippen LogP contribution is -2.31.